The van der Waals surface area contributed by atoms with E-state index < -0.39 is 4.92 Å². The van der Waals surface area contributed by atoms with Crippen LogP contribution < -0.4 is 5.32 Å². The van der Waals surface area contributed by atoms with E-state index in [0.717, 1.165) is 0 Å². The van der Waals surface area contributed by atoms with Crippen molar-refractivity contribution in [2.75, 3.05) is 38.2 Å². The largest absolute Gasteiger partial charge is 0.378 e. The number of rotatable bonds is 5. The minimum absolute atomic E-state index is 0.00931. The number of hydrogen-bond acceptors (Lipinski definition) is 6. The quantitative estimate of drug-likeness (QED) is 0.641. The number of carbonyl (C=O) groups is 1. The summed E-state index contributed by atoms with van der Waals surface area (Å²) in [6.07, 6.45) is 0.359. The second-order valence-corrected chi connectivity index (χ2v) is 4.73. The van der Waals surface area contributed by atoms with Gasteiger partial charge in [-0.2, -0.15) is 0 Å². The molecule has 1 aliphatic heterocycles. The van der Waals surface area contributed by atoms with Crippen molar-refractivity contribution in [2.24, 2.45) is 0 Å². The summed E-state index contributed by atoms with van der Waals surface area (Å²) in [6, 6.07) is 2.96. The zero-order valence-electron chi connectivity index (χ0n) is 11.9. The number of nitrogens with zero attached hydrogens (tertiary/aromatic N) is 3. The van der Waals surface area contributed by atoms with Crippen molar-refractivity contribution in [2.45, 2.75) is 13.3 Å². The molecule has 8 heteroatoms. The van der Waals surface area contributed by atoms with Gasteiger partial charge in [-0.1, -0.05) is 0 Å². The lowest BCUT2D eigenvalue weighted by Crippen LogP contribution is -2.41. The number of morpholine rings is 1. The number of anilines is 1. The van der Waals surface area contributed by atoms with Crippen molar-refractivity contribution < 1.29 is 14.5 Å². The molecule has 0 bridgehead atoms. The zero-order chi connectivity index (χ0) is 15.2. The van der Waals surface area contributed by atoms with Crippen LogP contribution in [0.25, 0.3) is 0 Å². The van der Waals surface area contributed by atoms with Crippen molar-refractivity contribution in [3.63, 3.8) is 0 Å². The number of aryl methyl sites for hydroxylation is 1. The molecule has 1 aromatic heterocycles. The molecule has 1 saturated heterocycles. The van der Waals surface area contributed by atoms with E-state index in [9.17, 15) is 14.9 Å². The molecule has 1 fully saturated rings. The highest BCUT2D eigenvalue weighted by molar-refractivity contribution is 5.76. The fourth-order valence-electron chi connectivity index (χ4n) is 2.11. The summed E-state index contributed by atoms with van der Waals surface area (Å²) in [6.45, 7) is 4.47. The second-order valence-electron chi connectivity index (χ2n) is 4.73. The minimum Gasteiger partial charge on any atom is -0.378 e. The predicted octanol–water partition coefficient (Wildman–Crippen LogP) is 0.959. The van der Waals surface area contributed by atoms with Crippen LogP contribution in [0.4, 0.5) is 11.5 Å². The molecule has 2 rings (SSSR count). The SMILES string of the molecule is Cc1nc(NCCC(=O)N2CCOCC2)ccc1[N+](=O)[O-]. The Morgan fingerprint density at radius 3 is 2.81 bits per heavy atom. The summed E-state index contributed by atoms with van der Waals surface area (Å²) in [7, 11) is 0. The lowest BCUT2D eigenvalue weighted by atomic mass is 10.3. The molecule has 2 heterocycles. The van der Waals surface area contributed by atoms with E-state index in [1.54, 1.807) is 17.9 Å². The number of nitrogens with one attached hydrogen (secondary N) is 1. The summed E-state index contributed by atoms with van der Waals surface area (Å²) in [5.74, 6) is 0.609. The van der Waals surface area contributed by atoms with Crippen molar-refractivity contribution >= 4 is 17.4 Å². The normalized spacial score (nSPS) is 14.8. The lowest BCUT2D eigenvalue weighted by molar-refractivity contribution is -0.385. The van der Waals surface area contributed by atoms with Crippen molar-refractivity contribution in [3.05, 3.63) is 27.9 Å². The highest BCUT2D eigenvalue weighted by atomic mass is 16.6. The van der Waals surface area contributed by atoms with Crippen LogP contribution >= 0.6 is 0 Å². The van der Waals surface area contributed by atoms with Crippen LogP contribution in [0.5, 0.6) is 0 Å². The Kier molecular flexibility index (Phi) is 5.04. The molecule has 1 aliphatic rings. The fraction of sp³-hybridized carbons (Fsp3) is 0.538. The van der Waals surface area contributed by atoms with Crippen LogP contribution in [0.3, 0.4) is 0 Å². The predicted molar refractivity (Wildman–Crippen MR) is 76.1 cm³/mol. The average molecular weight is 294 g/mol. The molecule has 1 N–H and O–H groups in total. The van der Waals surface area contributed by atoms with Gasteiger partial charge >= 0.3 is 0 Å². The van der Waals surface area contributed by atoms with Gasteiger partial charge < -0.3 is 15.0 Å². The Bertz CT molecular complexity index is 529. The second kappa shape index (κ2) is 6.98. The van der Waals surface area contributed by atoms with Crippen molar-refractivity contribution in [1.29, 1.82) is 0 Å². The summed E-state index contributed by atoms with van der Waals surface area (Å²) < 4.78 is 5.19. The zero-order valence-corrected chi connectivity index (χ0v) is 11.9. The standard InChI is InChI=1S/C13H18N4O4/c1-10-11(17(19)20)2-3-12(15-10)14-5-4-13(18)16-6-8-21-9-7-16/h2-3H,4-9H2,1H3,(H,14,15). The van der Waals surface area contributed by atoms with E-state index in [-0.39, 0.29) is 11.6 Å². The molecule has 0 aliphatic carbocycles. The Hall–Kier alpha value is -2.22. The number of amides is 1. The minimum atomic E-state index is -0.464. The van der Waals surface area contributed by atoms with Crippen molar-refractivity contribution in [1.82, 2.24) is 9.88 Å². The Labute approximate surface area is 122 Å². The van der Waals surface area contributed by atoms with E-state index in [0.29, 0.717) is 50.8 Å². The van der Waals surface area contributed by atoms with Gasteiger partial charge in [0.2, 0.25) is 5.91 Å². The molecule has 0 unspecified atom stereocenters. The van der Waals surface area contributed by atoms with Crippen LogP contribution in [0, 0.1) is 17.0 Å². The maximum Gasteiger partial charge on any atom is 0.290 e. The Morgan fingerprint density at radius 1 is 1.48 bits per heavy atom. The number of aromatic nitrogens is 1. The molecule has 8 nitrogen and oxygen atoms in total. The highest BCUT2D eigenvalue weighted by Crippen LogP contribution is 2.17. The topological polar surface area (TPSA) is 97.6 Å². The number of carbonyl (C=O) groups excluding carboxylic acids is 1. The van der Waals surface area contributed by atoms with Crippen molar-refractivity contribution in [3.8, 4) is 0 Å². The fourth-order valence-corrected chi connectivity index (χ4v) is 2.11. The van der Waals surface area contributed by atoms with Gasteiger partial charge in [-0.15, -0.1) is 0 Å². The molecule has 0 radical (unpaired) electrons. The molecular formula is C13H18N4O4. The molecule has 0 saturated carbocycles. The lowest BCUT2D eigenvalue weighted by Gasteiger charge is -2.26. The van der Waals surface area contributed by atoms with Crippen LogP contribution in [-0.4, -0.2) is 53.6 Å². The molecule has 1 aromatic rings. The Morgan fingerprint density at radius 2 is 2.19 bits per heavy atom. The van der Waals surface area contributed by atoms with Gasteiger partial charge in [-0.25, -0.2) is 4.98 Å². The van der Waals surface area contributed by atoms with Crippen LogP contribution in [0.15, 0.2) is 12.1 Å². The number of hydrogen-bond donors (Lipinski definition) is 1. The third kappa shape index (κ3) is 4.12. The van der Waals surface area contributed by atoms with E-state index in [2.05, 4.69) is 10.3 Å². The van der Waals surface area contributed by atoms with E-state index >= 15 is 0 Å². The van der Waals surface area contributed by atoms with E-state index in [1.807, 2.05) is 0 Å². The first kappa shape index (κ1) is 15.2. The van der Waals surface area contributed by atoms with Gasteiger partial charge in [-0.3, -0.25) is 14.9 Å². The maximum atomic E-state index is 11.9. The molecule has 21 heavy (non-hydrogen) atoms. The Balaban J connectivity index is 1.81. The third-order valence-corrected chi connectivity index (χ3v) is 3.26. The van der Waals surface area contributed by atoms with Gasteiger partial charge in [0, 0.05) is 32.1 Å². The molecule has 114 valence electrons. The smallest absolute Gasteiger partial charge is 0.290 e. The van der Waals surface area contributed by atoms with E-state index in [1.165, 1.54) is 6.07 Å². The first-order valence-corrected chi connectivity index (χ1v) is 6.79. The molecule has 0 aromatic carbocycles. The summed E-state index contributed by atoms with van der Waals surface area (Å²) in [5, 5.41) is 13.7. The summed E-state index contributed by atoms with van der Waals surface area (Å²) >= 11 is 0. The van der Waals surface area contributed by atoms with Crippen LogP contribution in [-0.2, 0) is 9.53 Å². The van der Waals surface area contributed by atoms with Gasteiger partial charge in [0.15, 0.2) is 0 Å². The van der Waals surface area contributed by atoms with Gasteiger partial charge in [0.25, 0.3) is 5.69 Å². The third-order valence-electron chi connectivity index (χ3n) is 3.26. The first-order valence-electron chi connectivity index (χ1n) is 6.79. The van der Waals surface area contributed by atoms with Gasteiger partial charge in [0.05, 0.1) is 18.1 Å². The number of ether oxygens (including phenoxy) is 1. The summed E-state index contributed by atoms with van der Waals surface area (Å²) in [5.41, 5.74) is 0.342. The first-order chi connectivity index (χ1) is 10.1. The maximum absolute atomic E-state index is 11.9. The molecular weight excluding hydrogens is 276 g/mol. The average Bonchev–Trinajstić information content (AvgIpc) is 2.47. The van der Waals surface area contributed by atoms with Gasteiger partial charge in [0.1, 0.15) is 11.5 Å². The van der Waals surface area contributed by atoms with Crippen LogP contribution in [0.2, 0.25) is 0 Å². The number of pyridine rings is 1. The molecule has 0 spiro atoms. The highest BCUT2D eigenvalue weighted by Gasteiger charge is 2.16. The monoisotopic (exact) mass is 294 g/mol. The molecule has 1 amide bonds. The number of nitro groups is 1. The summed E-state index contributed by atoms with van der Waals surface area (Å²) in [4.78, 5) is 28.0. The van der Waals surface area contributed by atoms with Gasteiger partial charge in [-0.05, 0) is 13.0 Å². The molecule has 0 atom stereocenters. The van der Waals surface area contributed by atoms with Crippen LogP contribution in [0.1, 0.15) is 12.1 Å². The van der Waals surface area contributed by atoms with E-state index in [4.69, 9.17) is 4.74 Å².